The molecule has 2 aromatic rings. The molecule has 2 N–H and O–H groups in total. The van der Waals surface area contributed by atoms with Gasteiger partial charge >= 0.3 is 0 Å². The van der Waals surface area contributed by atoms with Crippen molar-refractivity contribution in [1.29, 1.82) is 0 Å². The smallest absolute Gasteiger partial charge is 0.224 e. The third-order valence-electron chi connectivity index (χ3n) is 5.42. The molecular weight excluding hydrogens is 359 g/mol. The Morgan fingerprint density at radius 1 is 1.04 bits per heavy atom. The van der Waals surface area contributed by atoms with E-state index in [0.29, 0.717) is 6.42 Å². The van der Waals surface area contributed by atoms with Crippen LogP contribution in [0.4, 0.5) is 10.1 Å². The fourth-order valence-electron chi connectivity index (χ4n) is 3.91. The van der Waals surface area contributed by atoms with E-state index in [-0.39, 0.29) is 24.1 Å². The first kappa shape index (κ1) is 18.7. The van der Waals surface area contributed by atoms with Crippen molar-refractivity contribution < 1.29 is 13.9 Å². The molecule has 4 rings (SSSR count). The van der Waals surface area contributed by atoms with Gasteiger partial charge in [-0.15, -0.1) is 0 Å². The highest BCUT2D eigenvalue weighted by Gasteiger charge is 2.32. The van der Waals surface area contributed by atoms with Crippen LogP contribution in [-0.2, 0) is 4.79 Å². The Kier molecular flexibility index (Phi) is 5.45. The van der Waals surface area contributed by atoms with Gasteiger partial charge in [0.15, 0.2) is 0 Å². The molecular formula is C21H25FN4O2. The molecule has 2 aliphatic heterocycles. The Balaban J connectivity index is 1.41. The van der Waals surface area contributed by atoms with Gasteiger partial charge in [0.2, 0.25) is 5.91 Å². The van der Waals surface area contributed by atoms with Crippen LogP contribution in [0.25, 0.3) is 0 Å². The Hall–Kier alpha value is -2.64. The Morgan fingerprint density at radius 3 is 2.46 bits per heavy atom. The van der Waals surface area contributed by atoms with E-state index in [1.165, 1.54) is 12.1 Å². The van der Waals surface area contributed by atoms with E-state index in [0.717, 1.165) is 43.2 Å². The third-order valence-corrected chi connectivity index (χ3v) is 5.42. The molecule has 0 saturated carbocycles. The molecule has 0 aliphatic carbocycles. The van der Waals surface area contributed by atoms with Crippen molar-refractivity contribution in [2.75, 3.05) is 38.2 Å². The second-order valence-corrected chi connectivity index (χ2v) is 7.14. The zero-order chi connectivity index (χ0) is 19.5. The highest BCUT2D eigenvalue weighted by atomic mass is 19.1. The van der Waals surface area contributed by atoms with Gasteiger partial charge in [0.05, 0.1) is 12.8 Å². The first-order valence-corrected chi connectivity index (χ1v) is 9.57. The van der Waals surface area contributed by atoms with E-state index in [1.807, 2.05) is 18.2 Å². The molecule has 0 aromatic heterocycles. The molecule has 6 nitrogen and oxygen atoms in total. The van der Waals surface area contributed by atoms with Crippen LogP contribution in [0, 0.1) is 5.82 Å². The van der Waals surface area contributed by atoms with Gasteiger partial charge in [0, 0.05) is 38.6 Å². The maximum absolute atomic E-state index is 13.2. The topological polar surface area (TPSA) is 56.8 Å². The van der Waals surface area contributed by atoms with E-state index in [1.54, 1.807) is 19.2 Å². The lowest BCUT2D eigenvalue weighted by molar-refractivity contribution is -0.127. The van der Waals surface area contributed by atoms with Crippen molar-refractivity contribution >= 4 is 11.6 Å². The van der Waals surface area contributed by atoms with Crippen LogP contribution in [0.2, 0.25) is 0 Å². The molecule has 148 valence electrons. The summed E-state index contributed by atoms with van der Waals surface area (Å²) in [5, 5.41) is 6.53. The first-order chi connectivity index (χ1) is 13.6. The summed E-state index contributed by atoms with van der Waals surface area (Å²) in [4.78, 5) is 16.8. The largest absolute Gasteiger partial charge is 0.495 e. The second kappa shape index (κ2) is 8.16. The summed E-state index contributed by atoms with van der Waals surface area (Å²) in [7, 11) is 1.69. The molecule has 2 heterocycles. The minimum atomic E-state index is -0.270. The number of hydrogen-bond donors (Lipinski definition) is 2. The lowest BCUT2D eigenvalue weighted by Gasteiger charge is -2.43. The van der Waals surface area contributed by atoms with Crippen LogP contribution in [0.15, 0.2) is 48.5 Å². The molecule has 2 aliphatic rings. The van der Waals surface area contributed by atoms with Gasteiger partial charge in [-0.1, -0.05) is 24.3 Å². The Bertz CT molecular complexity index is 821. The number of para-hydroxylation sites is 2. The van der Waals surface area contributed by atoms with Crippen molar-refractivity contribution in [2.24, 2.45) is 0 Å². The summed E-state index contributed by atoms with van der Waals surface area (Å²) in [6.45, 7) is 3.31. The van der Waals surface area contributed by atoms with Crippen LogP contribution in [0.5, 0.6) is 5.75 Å². The third kappa shape index (κ3) is 3.95. The maximum atomic E-state index is 13.2. The van der Waals surface area contributed by atoms with Crippen molar-refractivity contribution in [3.63, 3.8) is 0 Å². The van der Waals surface area contributed by atoms with E-state index in [4.69, 9.17) is 4.74 Å². The van der Waals surface area contributed by atoms with Crippen molar-refractivity contribution in [3.8, 4) is 5.75 Å². The minimum absolute atomic E-state index is 0.00485. The standard InChI is InChI=1S/C21H25FN4O2/c1-28-19-5-3-2-4-18(19)25-10-12-26(13-11-25)21-23-17(14-20(27)24-21)15-6-8-16(22)9-7-15/h2-9,17,21,23H,10-14H2,1H3,(H,24,27). The van der Waals surface area contributed by atoms with Gasteiger partial charge in [0.1, 0.15) is 17.9 Å². The van der Waals surface area contributed by atoms with Gasteiger partial charge in [0.25, 0.3) is 0 Å². The van der Waals surface area contributed by atoms with Crippen LogP contribution >= 0.6 is 0 Å². The average Bonchev–Trinajstić information content (AvgIpc) is 2.74. The number of rotatable bonds is 4. The molecule has 7 heteroatoms. The summed E-state index contributed by atoms with van der Waals surface area (Å²) in [6, 6.07) is 14.2. The number of anilines is 1. The summed E-state index contributed by atoms with van der Waals surface area (Å²) < 4.78 is 18.7. The van der Waals surface area contributed by atoms with Crippen molar-refractivity contribution in [1.82, 2.24) is 15.5 Å². The Labute approximate surface area is 164 Å². The van der Waals surface area contributed by atoms with E-state index >= 15 is 0 Å². The molecule has 0 bridgehead atoms. The van der Waals surface area contributed by atoms with Crippen LogP contribution in [0.1, 0.15) is 18.0 Å². The van der Waals surface area contributed by atoms with E-state index in [2.05, 4.69) is 26.5 Å². The zero-order valence-corrected chi connectivity index (χ0v) is 15.9. The molecule has 0 spiro atoms. The number of ether oxygens (including phenoxy) is 1. The monoisotopic (exact) mass is 384 g/mol. The van der Waals surface area contributed by atoms with Crippen molar-refractivity contribution in [2.45, 2.75) is 18.8 Å². The first-order valence-electron chi connectivity index (χ1n) is 9.57. The zero-order valence-electron chi connectivity index (χ0n) is 15.9. The number of methoxy groups -OCH3 is 1. The lowest BCUT2D eigenvalue weighted by Crippen LogP contribution is -2.64. The van der Waals surface area contributed by atoms with Crippen molar-refractivity contribution in [3.05, 3.63) is 59.9 Å². The van der Waals surface area contributed by atoms with Gasteiger partial charge in [-0.05, 0) is 29.8 Å². The number of carbonyl (C=O) groups is 1. The summed E-state index contributed by atoms with van der Waals surface area (Å²) in [5.41, 5.74) is 2.02. The second-order valence-electron chi connectivity index (χ2n) is 7.14. The van der Waals surface area contributed by atoms with E-state index in [9.17, 15) is 9.18 Å². The van der Waals surface area contributed by atoms with Crippen LogP contribution in [-0.4, -0.2) is 50.4 Å². The van der Waals surface area contributed by atoms with Gasteiger partial charge in [-0.2, -0.15) is 0 Å². The SMILES string of the molecule is COc1ccccc1N1CCN(C2NC(=O)CC(c3ccc(F)cc3)N2)CC1. The van der Waals surface area contributed by atoms with E-state index < -0.39 is 0 Å². The molecule has 2 atom stereocenters. The quantitative estimate of drug-likeness (QED) is 0.846. The fourth-order valence-corrected chi connectivity index (χ4v) is 3.91. The molecule has 2 fully saturated rings. The summed E-state index contributed by atoms with van der Waals surface area (Å²) in [5.74, 6) is 0.606. The normalized spacial score (nSPS) is 23.4. The summed E-state index contributed by atoms with van der Waals surface area (Å²) >= 11 is 0. The molecule has 2 aromatic carbocycles. The number of nitrogens with zero attached hydrogens (tertiary/aromatic N) is 2. The number of nitrogens with one attached hydrogen (secondary N) is 2. The molecule has 2 unspecified atom stereocenters. The maximum Gasteiger partial charge on any atom is 0.224 e. The number of carbonyl (C=O) groups excluding carboxylic acids is 1. The van der Waals surface area contributed by atoms with Gasteiger partial charge < -0.3 is 15.0 Å². The molecule has 0 radical (unpaired) electrons. The highest BCUT2D eigenvalue weighted by Crippen LogP contribution is 2.29. The number of hydrogen-bond acceptors (Lipinski definition) is 5. The number of piperazine rings is 1. The predicted molar refractivity (Wildman–Crippen MR) is 106 cm³/mol. The lowest BCUT2D eigenvalue weighted by atomic mass is 10.0. The van der Waals surface area contributed by atoms with Crippen LogP contribution in [0.3, 0.4) is 0 Å². The van der Waals surface area contributed by atoms with Crippen LogP contribution < -0.4 is 20.3 Å². The number of benzene rings is 2. The predicted octanol–water partition coefficient (Wildman–Crippen LogP) is 2.09. The average molecular weight is 384 g/mol. The summed E-state index contributed by atoms with van der Waals surface area (Å²) in [6.07, 6.45) is 0.125. The Morgan fingerprint density at radius 2 is 1.75 bits per heavy atom. The fraction of sp³-hybridized carbons (Fsp3) is 0.381. The number of halogens is 1. The van der Waals surface area contributed by atoms with Gasteiger partial charge in [-0.25, -0.2) is 4.39 Å². The molecule has 1 amide bonds. The molecule has 2 saturated heterocycles. The van der Waals surface area contributed by atoms with Gasteiger partial charge in [-0.3, -0.25) is 15.0 Å². The minimum Gasteiger partial charge on any atom is -0.495 e. The number of amides is 1. The molecule has 28 heavy (non-hydrogen) atoms. The highest BCUT2D eigenvalue weighted by molar-refractivity contribution is 5.78.